The smallest absolute Gasteiger partial charge is 0.298 e. The van der Waals surface area contributed by atoms with E-state index < -0.39 is 0 Å². The number of ether oxygens (including phenoxy) is 1. The van der Waals surface area contributed by atoms with Crippen molar-refractivity contribution < 1.29 is 13.9 Å². The molecule has 3 aliphatic heterocycles. The summed E-state index contributed by atoms with van der Waals surface area (Å²) in [5.41, 5.74) is 4.71. The highest BCUT2D eigenvalue weighted by molar-refractivity contribution is 8.02. The van der Waals surface area contributed by atoms with Crippen molar-refractivity contribution in [1.29, 1.82) is 0 Å². The van der Waals surface area contributed by atoms with Crippen molar-refractivity contribution in [2.45, 2.75) is 24.6 Å². The summed E-state index contributed by atoms with van der Waals surface area (Å²) < 4.78 is 11.6. The van der Waals surface area contributed by atoms with Crippen molar-refractivity contribution in [3.05, 3.63) is 41.2 Å². The maximum Gasteiger partial charge on any atom is 0.298 e. The first kappa shape index (κ1) is 25.1. The number of amides is 1. The number of thioether (sulfide) groups is 1. The van der Waals surface area contributed by atoms with Gasteiger partial charge in [-0.2, -0.15) is 10.1 Å². The molecule has 3 aliphatic rings. The third-order valence-electron chi connectivity index (χ3n) is 7.30. The van der Waals surface area contributed by atoms with E-state index in [4.69, 9.17) is 14.1 Å². The van der Waals surface area contributed by atoms with E-state index in [0.29, 0.717) is 17.3 Å². The van der Waals surface area contributed by atoms with E-state index in [1.54, 1.807) is 18.0 Å². The molecule has 2 fully saturated rings. The molecule has 0 bridgehead atoms. The molecule has 2 saturated heterocycles. The van der Waals surface area contributed by atoms with Gasteiger partial charge in [-0.05, 0) is 25.3 Å². The lowest BCUT2D eigenvalue weighted by Gasteiger charge is -2.30. The summed E-state index contributed by atoms with van der Waals surface area (Å²) in [5, 5.41) is 15.1. The van der Waals surface area contributed by atoms with Crippen LogP contribution >= 0.6 is 11.8 Å². The number of benzene rings is 1. The molecule has 12 heteroatoms. The highest BCUT2D eigenvalue weighted by atomic mass is 32.2. The molecule has 3 aromatic rings. The summed E-state index contributed by atoms with van der Waals surface area (Å²) in [7, 11) is 2.01. The number of nitrogens with one attached hydrogen (secondary N) is 3. The number of piperidine rings is 1. The second kappa shape index (κ2) is 11.3. The van der Waals surface area contributed by atoms with Crippen molar-refractivity contribution in [2.75, 3.05) is 74.6 Å². The number of anilines is 3. The number of oxazole rings is 1. The Bertz CT molecular complexity index is 1280. The molecule has 2 aromatic heterocycles. The quantitative estimate of drug-likeness (QED) is 0.395. The molecule has 0 spiro atoms. The van der Waals surface area contributed by atoms with Gasteiger partial charge in [0.2, 0.25) is 0 Å². The Morgan fingerprint density at radius 1 is 1.21 bits per heavy atom. The Morgan fingerprint density at radius 3 is 2.84 bits per heavy atom. The number of likely N-dealkylation sites (N-methyl/N-ethyl adjacent to an activating group) is 1. The van der Waals surface area contributed by atoms with E-state index in [9.17, 15) is 4.79 Å². The van der Waals surface area contributed by atoms with Gasteiger partial charge in [0, 0.05) is 69.6 Å². The van der Waals surface area contributed by atoms with Crippen LogP contribution in [0.5, 0.6) is 0 Å². The first-order chi connectivity index (χ1) is 18.6. The molecule has 0 aliphatic carbocycles. The van der Waals surface area contributed by atoms with Crippen LogP contribution in [0.4, 0.5) is 17.4 Å². The standard InChI is InChI=1S/C26H34N8O3S/c1-32(7-8-33-9-11-36-12-10-33)26-31-20-13-22(34-5-3-2-4-6-34)19(14-23(20)37-26)29-24(35)21-17-38-25(30-21)18-15-27-28-16-18/h13-17,25,30H,2-12H2,1H3,(H,27,28)(H,29,35). The molecule has 0 saturated carbocycles. The van der Waals surface area contributed by atoms with Crippen LogP contribution in [0, 0.1) is 0 Å². The van der Waals surface area contributed by atoms with Crippen molar-refractivity contribution in [3.63, 3.8) is 0 Å². The van der Waals surface area contributed by atoms with Crippen LogP contribution in [0.25, 0.3) is 11.1 Å². The highest BCUT2D eigenvalue weighted by Crippen LogP contribution is 2.37. The topological polar surface area (TPSA) is 115 Å². The molecular weight excluding hydrogens is 504 g/mol. The SMILES string of the molecule is CN(CCN1CCOCC1)c1nc2cc(N3CCCCC3)c(NC(=O)C3=CSC(c4cn[nH]c4)N3)cc2o1. The maximum absolute atomic E-state index is 13.3. The van der Waals surface area contributed by atoms with Gasteiger partial charge in [-0.1, -0.05) is 0 Å². The summed E-state index contributed by atoms with van der Waals surface area (Å²) in [6, 6.07) is 4.55. The van der Waals surface area contributed by atoms with Gasteiger partial charge in [-0.15, -0.1) is 11.8 Å². The van der Waals surface area contributed by atoms with Crippen LogP contribution in [-0.4, -0.2) is 85.5 Å². The number of aromatic amines is 1. The largest absolute Gasteiger partial charge is 0.423 e. The number of morpholine rings is 1. The number of carbonyl (C=O) groups excluding carboxylic acids is 1. The second-order valence-electron chi connectivity index (χ2n) is 9.93. The molecule has 38 heavy (non-hydrogen) atoms. The van der Waals surface area contributed by atoms with Gasteiger partial charge in [0.05, 0.1) is 30.8 Å². The molecule has 1 atom stereocenters. The van der Waals surface area contributed by atoms with Gasteiger partial charge in [-0.25, -0.2) is 0 Å². The Labute approximate surface area is 225 Å². The van der Waals surface area contributed by atoms with E-state index in [0.717, 1.165) is 87.8 Å². The highest BCUT2D eigenvalue weighted by Gasteiger charge is 2.26. The molecule has 3 N–H and O–H groups in total. The first-order valence-corrected chi connectivity index (χ1v) is 14.2. The van der Waals surface area contributed by atoms with Crippen molar-refractivity contribution in [1.82, 2.24) is 25.4 Å². The third kappa shape index (κ3) is 5.47. The summed E-state index contributed by atoms with van der Waals surface area (Å²) >= 11 is 1.55. The minimum absolute atomic E-state index is 0.0385. The summed E-state index contributed by atoms with van der Waals surface area (Å²) in [6.45, 7) is 7.14. The monoisotopic (exact) mass is 538 g/mol. The van der Waals surface area contributed by atoms with Gasteiger partial charge in [-0.3, -0.25) is 14.8 Å². The summed E-state index contributed by atoms with van der Waals surface area (Å²) in [6.07, 6.45) is 7.10. The summed E-state index contributed by atoms with van der Waals surface area (Å²) in [5.74, 6) is -0.177. The van der Waals surface area contributed by atoms with Crippen molar-refractivity contribution in [3.8, 4) is 0 Å². The zero-order valence-corrected chi connectivity index (χ0v) is 22.4. The van der Waals surface area contributed by atoms with Crippen molar-refractivity contribution >= 4 is 46.2 Å². The Kier molecular flexibility index (Phi) is 7.43. The average Bonchev–Trinajstić information content (AvgIpc) is 3.73. The Hall–Kier alpha value is -3.22. The predicted molar refractivity (Wildman–Crippen MR) is 149 cm³/mol. The van der Waals surface area contributed by atoms with Gasteiger partial charge in [0.15, 0.2) is 5.58 Å². The number of nitrogens with zero attached hydrogens (tertiary/aromatic N) is 5. The lowest BCUT2D eigenvalue weighted by molar-refractivity contribution is -0.113. The zero-order chi connectivity index (χ0) is 25.9. The molecular formula is C26H34N8O3S. The van der Waals surface area contributed by atoms with E-state index in [1.165, 1.54) is 6.42 Å². The van der Waals surface area contributed by atoms with E-state index >= 15 is 0 Å². The molecule has 11 nitrogen and oxygen atoms in total. The maximum atomic E-state index is 13.3. The van der Waals surface area contributed by atoms with Crippen molar-refractivity contribution in [2.24, 2.45) is 0 Å². The first-order valence-electron chi connectivity index (χ1n) is 13.3. The lowest BCUT2D eigenvalue weighted by Crippen LogP contribution is -2.40. The lowest BCUT2D eigenvalue weighted by atomic mass is 10.1. The number of fused-ring (bicyclic) bond motifs is 1. The average molecular weight is 539 g/mol. The van der Waals surface area contributed by atoms with Gasteiger partial charge in [0.1, 0.15) is 16.6 Å². The number of rotatable bonds is 8. The number of aromatic nitrogens is 3. The van der Waals surface area contributed by atoms with Crippen LogP contribution in [0.2, 0.25) is 0 Å². The zero-order valence-electron chi connectivity index (χ0n) is 21.6. The normalized spacial score (nSPS) is 20.4. The number of H-pyrrole nitrogens is 1. The van der Waals surface area contributed by atoms with E-state index in [1.807, 2.05) is 24.7 Å². The second-order valence-corrected chi connectivity index (χ2v) is 10.9. The fourth-order valence-electron chi connectivity index (χ4n) is 5.04. The predicted octanol–water partition coefficient (Wildman–Crippen LogP) is 3.12. The van der Waals surface area contributed by atoms with Crippen LogP contribution < -0.4 is 20.4 Å². The van der Waals surface area contributed by atoms with E-state index in [-0.39, 0.29) is 11.3 Å². The molecule has 5 heterocycles. The van der Waals surface area contributed by atoms with Gasteiger partial charge in [0.25, 0.3) is 11.9 Å². The minimum Gasteiger partial charge on any atom is -0.423 e. The molecule has 1 unspecified atom stereocenters. The Balaban J connectivity index is 1.21. The van der Waals surface area contributed by atoms with Crippen LogP contribution in [0.15, 0.2) is 40.0 Å². The Morgan fingerprint density at radius 2 is 2.05 bits per heavy atom. The summed E-state index contributed by atoms with van der Waals surface area (Å²) in [4.78, 5) is 24.9. The molecule has 1 amide bonds. The number of carbonyl (C=O) groups is 1. The van der Waals surface area contributed by atoms with Crippen LogP contribution in [0.1, 0.15) is 30.2 Å². The van der Waals surface area contributed by atoms with Crippen LogP contribution in [0.3, 0.4) is 0 Å². The number of hydrogen-bond donors (Lipinski definition) is 3. The third-order valence-corrected chi connectivity index (χ3v) is 8.33. The molecule has 6 rings (SSSR count). The fourth-order valence-corrected chi connectivity index (χ4v) is 5.97. The minimum atomic E-state index is -0.177. The van der Waals surface area contributed by atoms with Gasteiger partial charge >= 0.3 is 0 Å². The molecule has 202 valence electrons. The molecule has 0 radical (unpaired) electrons. The molecule has 1 aromatic carbocycles. The van der Waals surface area contributed by atoms with E-state index in [2.05, 4.69) is 41.6 Å². The van der Waals surface area contributed by atoms with Gasteiger partial charge < -0.3 is 29.6 Å². The fraction of sp³-hybridized carbons (Fsp3) is 0.500. The number of hydrogen-bond acceptors (Lipinski definition) is 10. The van der Waals surface area contributed by atoms with Crippen LogP contribution in [-0.2, 0) is 9.53 Å².